The molecule has 0 aromatic rings. The van der Waals surface area contributed by atoms with Gasteiger partial charge < -0.3 is 4.74 Å². The number of allylic oxidation sites excluding steroid dienone is 2. The lowest BCUT2D eigenvalue weighted by atomic mass is 10.0. The molecule has 0 N–H and O–H groups in total. The van der Waals surface area contributed by atoms with Crippen molar-refractivity contribution in [2.45, 2.75) is 38.3 Å². The molecule has 8 nitrogen and oxygen atoms in total. The highest BCUT2D eigenvalue weighted by Gasteiger charge is 2.52. The van der Waals surface area contributed by atoms with Gasteiger partial charge in [0.2, 0.25) is 0 Å². The number of hydrogen-bond acceptors (Lipinski definition) is 6. The van der Waals surface area contributed by atoms with Crippen LogP contribution < -0.4 is 0 Å². The molecule has 0 spiro atoms. The van der Waals surface area contributed by atoms with Crippen molar-refractivity contribution in [3.05, 3.63) is 44.5 Å². The number of hydrogen-bond donors (Lipinski definition) is 0. The monoisotopic (exact) mass is 286 g/mol. The second kappa shape index (κ2) is 8.78. The van der Waals surface area contributed by atoms with E-state index >= 15 is 0 Å². The summed E-state index contributed by atoms with van der Waals surface area (Å²) in [6.45, 7) is 2.04. The summed E-state index contributed by atoms with van der Waals surface area (Å²) in [5.74, 6) is -0.105. The number of esters is 1. The lowest BCUT2D eigenvalue weighted by molar-refractivity contribution is -0.780. The molecule has 0 saturated carbocycles. The third-order valence-corrected chi connectivity index (χ3v) is 2.62. The highest BCUT2D eigenvalue weighted by atomic mass is 16.7. The summed E-state index contributed by atoms with van der Waals surface area (Å²) in [5.41, 5.74) is -2.14. The SMILES string of the molecule is CCCCC(=O)OC.O=[N+]([O-])C1([N+](=O)[O-])C=CC=CC1. The van der Waals surface area contributed by atoms with Gasteiger partial charge in [-0.15, -0.1) is 0 Å². The first-order chi connectivity index (χ1) is 9.40. The Morgan fingerprint density at radius 2 is 1.90 bits per heavy atom. The van der Waals surface area contributed by atoms with E-state index in [0.29, 0.717) is 6.42 Å². The maximum absolute atomic E-state index is 10.4. The van der Waals surface area contributed by atoms with E-state index in [1.165, 1.54) is 19.3 Å². The largest absolute Gasteiger partial charge is 0.481 e. The van der Waals surface area contributed by atoms with Gasteiger partial charge in [0, 0.05) is 6.42 Å². The van der Waals surface area contributed by atoms with Gasteiger partial charge in [0.1, 0.15) is 16.3 Å². The Morgan fingerprint density at radius 3 is 2.20 bits per heavy atom. The Morgan fingerprint density at radius 1 is 1.30 bits per heavy atom. The average molecular weight is 286 g/mol. The van der Waals surface area contributed by atoms with E-state index in [0.717, 1.165) is 18.9 Å². The first kappa shape index (κ1) is 17.8. The molecule has 0 aromatic carbocycles. The summed E-state index contributed by atoms with van der Waals surface area (Å²) < 4.78 is 4.41. The van der Waals surface area contributed by atoms with Gasteiger partial charge in [0.25, 0.3) is 0 Å². The predicted molar refractivity (Wildman–Crippen MR) is 71.2 cm³/mol. The Hall–Kier alpha value is -2.25. The highest BCUT2D eigenvalue weighted by Crippen LogP contribution is 2.21. The Balaban J connectivity index is 0.000000396. The molecule has 1 aliphatic carbocycles. The van der Waals surface area contributed by atoms with Crippen molar-refractivity contribution in [3.8, 4) is 0 Å². The quantitative estimate of drug-likeness (QED) is 0.331. The van der Waals surface area contributed by atoms with Crippen molar-refractivity contribution in [3.63, 3.8) is 0 Å². The van der Waals surface area contributed by atoms with E-state index < -0.39 is 15.5 Å². The minimum atomic E-state index is -2.14. The molecular formula is C12H18N2O6. The van der Waals surface area contributed by atoms with Crippen LogP contribution in [0.25, 0.3) is 0 Å². The van der Waals surface area contributed by atoms with E-state index in [4.69, 9.17) is 0 Å². The van der Waals surface area contributed by atoms with Crippen molar-refractivity contribution in [2.24, 2.45) is 0 Å². The van der Waals surface area contributed by atoms with Crippen molar-refractivity contribution in [1.29, 1.82) is 0 Å². The van der Waals surface area contributed by atoms with Crippen LogP contribution in [0.15, 0.2) is 24.3 Å². The Bertz CT molecular complexity index is 402. The van der Waals surface area contributed by atoms with Gasteiger partial charge >= 0.3 is 11.6 Å². The summed E-state index contributed by atoms with van der Waals surface area (Å²) in [7, 11) is 1.41. The normalized spacial score (nSPS) is 14.9. The molecule has 8 heteroatoms. The molecule has 0 bridgehead atoms. The predicted octanol–water partition coefficient (Wildman–Crippen LogP) is 2.10. The standard InChI is InChI=1S/C6H6N2O4.C6H12O2/c9-7(10)6(8(11)12)4-2-1-3-5-6;1-3-4-5-6(7)8-2/h1-4H,5H2;3-5H2,1-2H3. The smallest absolute Gasteiger partial charge is 0.469 e. The summed E-state index contributed by atoms with van der Waals surface area (Å²) in [6, 6.07) is 0. The summed E-state index contributed by atoms with van der Waals surface area (Å²) in [6.07, 6.45) is 7.62. The number of methoxy groups -OCH3 is 1. The lowest BCUT2D eigenvalue weighted by Gasteiger charge is -2.12. The zero-order valence-electron chi connectivity index (χ0n) is 11.5. The van der Waals surface area contributed by atoms with Crippen molar-refractivity contribution >= 4 is 5.97 Å². The van der Waals surface area contributed by atoms with Gasteiger partial charge in [-0.1, -0.05) is 31.6 Å². The van der Waals surface area contributed by atoms with Crippen LogP contribution in [0.3, 0.4) is 0 Å². The lowest BCUT2D eigenvalue weighted by Crippen LogP contribution is -2.44. The zero-order valence-corrected chi connectivity index (χ0v) is 11.5. The van der Waals surface area contributed by atoms with Gasteiger partial charge in [-0.3, -0.25) is 25.0 Å². The van der Waals surface area contributed by atoms with Gasteiger partial charge in [-0.05, 0) is 6.42 Å². The van der Waals surface area contributed by atoms with Crippen LogP contribution in [0.1, 0.15) is 32.6 Å². The average Bonchev–Trinajstić information content (AvgIpc) is 2.45. The van der Waals surface area contributed by atoms with Crippen LogP contribution in [0, 0.1) is 20.2 Å². The molecular weight excluding hydrogens is 268 g/mol. The minimum absolute atomic E-state index is 0.105. The second-order valence-electron chi connectivity index (χ2n) is 4.06. The third kappa shape index (κ3) is 5.17. The second-order valence-corrected chi connectivity index (χ2v) is 4.06. The third-order valence-electron chi connectivity index (χ3n) is 2.62. The van der Waals surface area contributed by atoms with Crippen LogP contribution >= 0.6 is 0 Å². The van der Waals surface area contributed by atoms with Crippen molar-refractivity contribution in [1.82, 2.24) is 0 Å². The fourth-order valence-electron chi connectivity index (χ4n) is 1.36. The maximum atomic E-state index is 10.4. The molecule has 112 valence electrons. The number of nitrogens with zero attached hydrogens (tertiary/aromatic N) is 2. The Labute approximate surface area is 116 Å². The van der Waals surface area contributed by atoms with Crippen LogP contribution in [0.5, 0.6) is 0 Å². The van der Waals surface area contributed by atoms with Crippen molar-refractivity contribution < 1.29 is 19.4 Å². The topological polar surface area (TPSA) is 113 Å². The van der Waals surface area contributed by atoms with E-state index in [-0.39, 0.29) is 12.4 Å². The fraction of sp³-hybridized carbons (Fsp3) is 0.583. The summed E-state index contributed by atoms with van der Waals surface area (Å²) >= 11 is 0. The molecule has 0 heterocycles. The molecule has 1 aliphatic rings. The number of rotatable bonds is 5. The van der Waals surface area contributed by atoms with Gasteiger partial charge in [0.05, 0.1) is 13.2 Å². The maximum Gasteiger partial charge on any atom is 0.481 e. The number of nitro groups is 2. The van der Waals surface area contributed by atoms with Crippen LogP contribution in [0.2, 0.25) is 0 Å². The van der Waals surface area contributed by atoms with Crippen LogP contribution in [-0.4, -0.2) is 28.6 Å². The van der Waals surface area contributed by atoms with E-state index in [2.05, 4.69) is 4.74 Å². The van der Waals surface area contributed by atoms with Crippen LogP contribution in [0.4, 0.5) is 0 Å². The van der Waals surface area contributed by atoms with E-state index in [1.54, 1.807) is 6.08 Å². The molecule has 0 unspecified atom stereocenters. The molecule has 0 atom stereocenters. The van der Waals surface area contributed by atoms with Gasteiger partial charge in [-0.2, -0.15) is 0 Å². The summed E-state index contributed by atoms with van der Waals surface area (Å²) in [4.78, 5) is 29.4. The molecule has 0 aromatic heterocycles. The molecule has 20 heavy (non-hydrogen) atoms. The van der Waals surface area contributed by atoms with Gasteiger partial charge in [0.15, 0.2) is 0 Å². The fourth-order valence-corrected chi connectivity index (χ4v) is 1.36. The van der Waals surface area contributed by atoms with Crippen LogP contribution in [-0.2, 0) is 9.53 Å². The molecule has 0 amide bonds. The first-order valence-corrected chi connectivity index (χ1v) is 6.11. The first-order valence-electron chi connectivity index (χ1n) is 6.11. The minimum Gasteiger partial charge on any atom is -0.469 e. The highest BCUT2D eigenvalue weighted by molar-refractivity contribution is 5.68. The molecule has 0 aliphatic heterocycles. The van der Waals surface area contributed by atoms with E-state index in [1.807, 2.05) is 6.92 Å². The van der Waals surface area contributed by atoms with Gasteiger partial charge in [-0.25, -0.2) is 0 Å². The summed E-state index contributed by atoms with van der Waals surface area (Å²) in [5, 5.41) is 20.8. The Kier molecular flexibility index (Phi) is 7.80. The number of carbonyl (C=O) groups excluding carboxylic acids is 1. The van der Waals surface area contributed by atoms with E-state index in [9.17, 15) is 25.0 Å². The number of carbonyl (C=O) groups is 1. The molecule has 0 saturated heterocycles. The van der Waals surface area contributed by atoms with Crippen molar-refractivity contribution in [2.75, 3.05) is 7.11 Å². The molecule has 0 fully saturated rings. The zero-order chi connectivity index (χ0) is 15.6. The number of unbranched alkanes of at least 4 members (excludes halogenated alkanes) is 1. The number of ether oxygens (including phenoxy) is 1. The molecule has 1 rings (SSSR count). The molecule has 0 radical (unpaired) electrons.